The molecule has 0 spiro atoms. The zero-order valence-electron chi connectivity index (χ0n) is 12.4. The van der Waals surface area contributed by atoms with E-state index in [-0.39, 0.29) is 19.0 Å². The summed E-state index contributed by atoms with van der Waals surface area (Å²) in [6.45, 7) is -2.38. The van der Waals surface area contributed by atoms with Crippen LogP contribution in [-0.2, 0) is 11.3 Å². The molecule has 124 valence electrons. The van der Waals surface area contributed by atoms with Crippen LogP contribution in [0.15, 0.2) is 54.6 Å². The summed E-state index contributed by atoms with van der Waals surface area (Å²) in [5.41, 5.74) is 1.01. The molecule has 0 aromatic heterocycles. The summed E-state index contributed by atoms with van der Waals surface area (Å²) in [6.07, 6.45) is -0.821. The molecule has 2 rings (SSSR count). The summed E-state index contributed by atoms with van der Waals surface area (Å²) in [6, 6.07) is 15.5. The molecular weight excluding hydrogens is 306 g/mol. The van der Waals surface area contributed by atoms with E-state index in [1.165, 1.54) is 18.2 Å². The molecule has 0 fully saturated rings. The highest BCUT2D eigenvalue weighted by molar-refractivity contribution is 5.32. The van der Waals surface area contributed by atoms with E-state index in [0.29, 0.717) is 12.4 Å². The van der Waals surface area contributed by atoms with Gasteiger partial charge in [-0.15, -0.1) is 0 Å². The lowest BCUT2D eigenvalue weighted by atomic mass is 10.2. The van der Waals surface area contributed by atoms with Gasteiger partial charge in [-0.1, -0.05) is 36.4 Å². The Kier molecular flexibility index (Phi) is 6.77. The van der Waals surface area contributed by atoms with Crippen LogP contribution in [-0.4, -0.2) is 31.0 Å². The minimum atomic E-state index is -2.89. The van der Waals surface area contributed by atoms with E-state index >= 15 is 0 Å². The number of hydrogen-bond acceptors (Lipinski definition) is 4. The fourth-order valence-corrected chi connectivity index (χ4v) is 1.87. The highest BCUT2D eigenvalue weighted by atomic mass is 19.3. The van der Waals surface area contributed by atoms with Gasteiger partial charge in [0.15, 0.2) is 0 Å². The molecule has 0 aliphatic rings. The average Bonchev–Trinajstić information content (AvgIpc) is 2.54. The third kappa shape index (κ3) is 6.63. The van der Waals surface area contributed by atoms with Crippen LogP contribution in [0.5, 0.6) is 11.5 Å². The van der Waals surface area contributed by atoms with Gasteiger partial charge in [0.1, 0.15) is 24.2 Å². The van der Waals surface area contributed by atoms with Gasteiger partial charge in [-0.3, -0.25) is 0 Å². The van der Waals surface area contributed by atoms with Crippen LogP contribution in [0.25, 0.3) is 0 Å². The fraction of sp³-hybridized carbons (Fsp3) is 0.294. The van der Waals surface area contributed by atoms with E-state index in [2.05, 4.69) is 4.74 Å². The van der Waals surface area contributed by atoms with E-state index in [1.54, 1.807) is 6.07 Å². The van der Waals surface area contributed by atoms with Gasteiger partial charge in [0.2, 0.25) is 0 Å². The van der Waals surface area contributed by atoms with Crippen molar-refractivity contribution in [2.45, 2.75) is 19.3 Å². The predicted molar refractivity (Wildman–Crippen MR) is 80.7 cm³/mol. The Bertz CT molecular complexity index is 578. The molecule has 1 atom stereocenters. The summed E-state index contributed by atoms with van der Waals surface area (Å²) in [5, 5.41) is 9.80. The highest BCUT2D eigenvalue weighted by Crippen LogP contribution is 2.21. The normalized spacial score (nSPS) is 12.2. The van der Waals surface area contributed by atoms with Gasteiger partial charge in [-0.05, 0) is 17.7 Å². The number of rotatable bonds is 9. The molecule has 2 aromatic rings. The second-order valence-electron chi connectivity index (χ2n) is 4.82. The average molecular weight is 324 g/mol. The van der Waals surface area contributed by atoms with Crippen LogP contribution in [0.1, 0.15) is 5.56 Å². The minimum Gasteiger partial charge on any atom is -0.491 e. The third-order valence-corrected chi connectivity index (χ3v) is 2.89. The molecule has 0 saturated heterocycles. The Balaban J connectivity index is 1.70. The Hall–Kier alpha value is -2.18. The van der Waals surface area contributed by atoms with Gasteiger partial charge in [0, 0.05) is 6.07 Å². The van der Waals surface area contributed by atoms with Crippen LogP contribution in [0, 0.1) is 0 Å². The second kappa shape index (κ2) is 9.07. The summed E-state index contributed by atoms with van der Waals surface area (Å²) in [4.78, 5) is 0. The summed E-state index contributed by atoms with van der Waals surface area (Å²) in [7, 11) is 0. The molecule has 6 heteroatoms. The molecule has 0 bridgehead atoms. The number of aliphatic hydroxyl groups excluding tert-OH is 1. The molecule has 0 amide bonds. The zero-order valence-corrected chi connectivity index (χ0v) is 12.4. The number of benzene rings is 2. The van der Waals surface area contributed by atoms with Gasteiger partial charge in [0.05, 0.1) is 13.2 Å². The van der Waals surface area contributed by atoms with E-state index in [0.717, 1.165) is 5.56 Å². The van der Waals surface area contributed by atoms with E-state index in [1.807, 2.05) is 30.3 Å². The number of alkyl halides is 2. The molecule has 0 aliphatic heterocycles. The van der Waals surface area contributed by atoms with Gasteiger partial charge >= 0.3 is 6.61 Å². The number of halogens is 2. The molecular formula is C17H18F2O4. The third-order valence-electron chi connectivity index (χ3n) is 2.89. The summed E-state index contributed by atoms with van der Waals surface area (Å²) >= 11 is 0. The van der Waals surface area contributed by atoms with Crippen molar-refractivity contribution in [2.75, 3.05) is 13.2 Å². The SMILES string of the molecule is O[C@@H](COCc1ccccc1)COc1cccc(OC(F)F)c1. The monoisotopic (exact) mass is 324 g/mol. The first-order valence-corrected chi connectivity index (χ1v) is 7.11. The molecule has 0 radical (unpaired) electrons. The standard InChI is InChI=1S/C17H18F2O4/c18-17(19)23-16-8-4-7-15(9-16)22-12-14(20)11-21-10-13-5-2-1-3-6-13/h1-9,14,17,20H,10-12H2/t14-/m0/s1. The van der Waals surface area contributed by atoms with Crippen molar-refractivity contribution in [3.63, 3.8) is 0 Å². The number of ether oxygens (including phenoxy) is 3. The Morgan fingerprint density at radius 1 is 0.913 bits per heavy atom. The zero-order chi connectivity index (χ0) is 16.5. The van der Waals surface area contributed by atoms with Crippen molar-refractivity contribution < 1.29 is 28.1 Å². The van der Waals surface area contributed by atoms with Crippen LogP contribution in [0.3, 0.4) is 0 Å². The lowest BCUT2D eigenvalue weighted by Crippen LogP contribution is -2.23. The Morgan fingerprint density at radius 3 is 2.39 bits per heavy atom. The van der Waals surface area contributed by atoms with Gasteiger partial charge in [-0.2, -0.15) is 8.78 Å². The van der Waals surface area contributed by atoms with E-state index in [9.17, 15) is 13.9 Å². The molecule has 0 heterocycles. The molecule has 0 saturated carbocycles. The maximum absolute atomic E-state index is 12.1. The molecule has 0 unspecified atom stereocenters. The van der Waals surface area contributed by atoms with Crippen molar-refractivity contribution in [2.24, 2.45) is 0 Å². The van der Waals surface area contributed by atoms with Gasteiger partial charge < -0.3 is 19.3 Å². The van der Waals surface area contributed by atoms with Gasteiger partial charge in [-0.25, -0.2) is 0 Å². The van der Waals surface area contributed by atoms with E-state index < -0.39 is 12.7 Å². The molecule has 1 N–H and O–H groups in total. The van der Waals surface area contributed by atoms with Gasteiger partial charge in [0.25, 0.3) is 0 Å². The van der Waals surface area contributed by atoms with Crippen molar-refractivity contribution in [1.82, 2.24) is 0 Å². The maximum atomic E-state index is 12.1. The van der Waals surface area contributed by atoms with Crippen LogP contribution >= 0.6 is 0 Å². The lowest BCUT2D eigenvalue weighted by molar-refractivity contribution is -0.0500. The first kappa shape index (κ1) is 17.2. The largest absolute Gasteiger partial charge is 0.491 e. The van der Waals surface area contributed by atoms with Crippen molar-refractivity contribution in [1.29, 1.82) is 0 Å². The quantitative estimate of drug-likeness (QED) is 0.769. The Morgan fingerprint density at radius 2 is 1.65 bits per heavy atom. The first-order chi connectivity index (χ1) is 11.1. The van der Waals surface area contributed by atoms with E-state index in [4.69, 9.17) is 9.47 Å². The van der Waals surface area contributed by atoms with Crippen molar-refractivity contribution >= 4 is 0 Å². The van der Waals surface area contributed by atoms with Crippen molar-refractivity contribution in [3.8, 4) is 11.5 Å². The fourth-order valence-electron chi connectivity index (χ4n) is 1.87. The molecule has 23 heavy (non-hydrogen) atoms. The topological polar surface area (TPSA) is 47.9 Å². The molecule has 4 nitrogen and oxygen atoms in total. The summed E-state index contributed by atoms with van der Waals surface area (Å²) < 4.78 is 39.3. The predicted octanol–water partition coefficient (Wildman–Crippen LogP) is 3.24. The minimum absolute atomic E-state index is 0.00678. The van der Waals surface area contributed by atoms with Crippen molar-refractivity contribution in [3.05, 3.63) is 60.2 Å². The number of aliphatic hydroxyl groups is 1. The lowest BCUT2D eigenvalue weighted by Gasteiger charge is -2.13. The number of hydrogen-bond donors (Lipinski definition) is 1. The molecule has 0 aliphatic carbocycles. The Labute approximate surface area is 133 Å². The van der Waals surface area contributed by atoms with Crippen LogP contribution in [0.2, 0.25) is 0 Å². The second-order valence-corrected chi connectivity index (χ2v) is 4.82. The molecule has 2 aromatic carbocycles. The summed E-state index contributed by atoms with van der Waals surface area (Å²) in [5.74, 6) is 0.345. The maximum Gasteiger partial charge on any atom is 0.387 e. The van der Waals surface area contributed by atoms with Crippen LogP contribution < -0.4 is 9.47 Å². The first-order valence-electron chi connectivity index (χ1n) is 7.11. The smallest absolute Gasteiger partial charge is 0.387 e. The van der Waals surface area contributed by atoms with Crippen LogP contribution in [0.4, 0.5) is 8.78 Å². The highest BCUT2D eigenvalue weighted by Gasteiger charge is 2.08.